The highest BCUT2D eigenvalue weighted by Gasteiger charge is 2.33. The molecule has 0 radical (unpaired) electrons. The van der Waals surface area contributed by atoms with Gasteiger partial charge in [-0.1, -0.05) is 49.6 Å². The number of aliphatic hydroxyl groups excluding tert-OH is 1. The maximum atomic E-state index is 12.5. The van der Waals surface area contributed by atoms with Gasteiger partial charge in [-0.25, -0.2) is 0 Å². The smallest absolute Gasteiger partial charge is 0.220 e. The lowest BCUT2D eigenvalue weighted by Crippen LogP contribution is -2.42. The van der Waals surface area contributed by atoms with Crippen molar-refractivity contribution >= 4 is 5.91 Å². The summed E-state index contributed by atoms with van der Waals surface area (Å²) in [6, 6.07) is 9.87. The molecule has 2 fully saturated rings. The molecule has 1 saturated heterocycles. The molecule has 156 valence electrons. The van der Waals surface area contributed by atoms with Crippen molar-refractivity contribution in [1.82, 2.24) is 10.2 Å². The van der Waals surface area contributed by atoms with Crippen LogP contribution in [-0.2, 0) is 4.79 Å². The van der Waals surface area contributed by atoms with Crippen molar-refractivity contribution in [3.8, 4) is 0 Å². The van der Waals surface area contributed by atoms with Gasteiger partial charge in [0.15, 0.2) is 0 Å². The van der Waals surface area contributed by atoms with E-state index in [0.29, 0.717) is 25.4 Å². The number of nitrogens with two attached hydrogens (primary N) is 1. The summed E-state index contributed by atoms with van der Waals surface area (Å²) in [4.78, 5) is 14.8. The number of hydrogen-bond donors (Lipinski definition) is 3. The van der Waals surface area contributed by atoms with E-state index in [1.165, 1.54) is 19.3 Å². The monoisotopic (exact) mass is 387 g/mol. The van der Waals surface area contributed by atoms with Gasteiger partial charge in [-0.05, 0) is 62.2 Å². The lowest BCUT2D eigenvalue weighted by atomic mass is 9.71. The van der Waals surface area contributed by atoms with Gasteiger partial charge in [0.25, 0.3) is 0 Å². The van der Waals surface area contributed by atoms with E-state index in [1.54, 1.807) is 0 Å². The lowest BCUT2D eigenvalue weighted by Gasteiger charge is -2.36. The average molecular weight is 388 g/mol. The first-order chi connectivity index (χ1) is 13.6. The molecule has 1 amide bonds. The Hall–Kier alpha value is -1.43. The highest BCUT2D eigenvalue weighted by molar-refractivity contribution is 5.76. The summed E-state index contributed by atoms with van der Waals surface area (Å²) in [6.45, 7) is 4.05. The SMILES string of the molecule is NCC1(CC(=O)NCC2CCN(CC(O)c3ccccc3)CC2)CCCCC1. The number of likely N-dealkylation sites (tertiary alicyclic amines) is 1. The molecule has 1 saturated carbocycles. The molecule has 0 aromatic heterocycles. The fourth-order valence-electron chi connectivity index (χ4n) is 4.81. The van der Waals surface area contributed by atoms with Gasteiger partial charge in [0.2, 0.25) is 5.91 Å². The summed E-state index contributed by atoms with van der Waals surface area (Å²) >= 11 is 0. The van der Waals surface area contributed by atoms with Crippen LogP contribution in [0, 0.1) is 11.3 Å². The number of aliphatic hydroxyl groups is 1. The van der Waals surface area contributed by atoms with Gasteiger partial charge in [0.1, 0.15) is 0 Å². The summed E-state index contributed by atoms with van der Waals surface area (Å²) in [7, 11) is 0. The molecule has 1 atom stereocenters. The number of carbonyl (C=O) groups is 1. The van der Waals surface area contributed by atoms with Crippen molar-refractivity contribution in [3.05, 3.63) is 35.9 Å². The summed E-state index contributed by atoms with van der Waals surface area (Å²) in [5, 5.41) is 13.6. The van der Waals surface area contributed by atoms with E-state index < -0.39 is 6.10 Å². The average Bonchev–Trinajstić information content (AvgIpc) is 2.74. The van der Waals surface area contributed by atoms with E-state index in [0.717, 1.165) is 50.9 Å². The van der Waals surface area contributed by atoms with E-state index in [-0.39, 0.29) is 11.3 Å². The van der Waals surface area contributed by atoms with Crippen LogP contribution in [0.5, 0.6) is 0 Å². The van der Waals surface area contributed by atoms with Gasteiger partial charge in [-0.2, -0.15) is 0 Å². The second-order valence-corrected chi connectivity index (χ2v) is 8.92. The van der Waals surface area contributed by atoms with Gasteiger partial charge in [-0.15, -0.1) is 0 Å². The lowest BCUT2D eigenvalue weighted by molar-refractivity contribution is -0.124. The number of β-amino-alcohol motifs (C(OH)–C–C–N with tert-alkyl or cyclic N) is 1. The summed E-state index contributed by atoms with van der Waals surface area (Å²) in [6.07, 6.45) is 8.19. The number of carbonyl (C=O) groups excluding carboxylic acids is 1. The Morgan fingerprint density at radius 3 is 2.50 bits per heavy atom. The van der Waals surface area contributed by atoms with E-state index in [1.807, 2.05) is 30.3 Å². The van der Waals surface area contributed by atoms with E-state index in [9.17, 15) is 9.90 Å². The number of amides is 1. The Kier molecular flexibility index (Phi) is 7.89. The van der Waals surface area contributed by atoms with Crippen molar-refractivity contribution in [2.24, 2.45) is 17.1 Å². The normalized spacial score (nSPS) is 21.9. The third kappa shape index (κ3) is 6.03. The van der Waals surface area contributed by atoms with E-state index >= 15 is 0 Å². The molecule has 1 aliphatic heterocycles. The van der Waals surface area contributed by atoms with Crippen molar-refractivity contribution in [2.45, 2.75) is 57.5 Å². The van der Waals surface area contributed by atoms with Crippen LogP contribution in [0.25, 0.3) is 0 Å². The highest BCUT2D eigenvalue weighted by Crippen LogP contribution is 2.38. The molecule has 28 heavy (non-hydrogen) atoms. The topological polar surface area (TPSA) is 78.6 Å². The van der Waals surface area contributed by atoms with Gasteiger partial charge >= 0.3 is 0 Å². The van der Waals surface area contributed by atoms with Crippen LogP contribution in [0.2, 0.25) is 0 Å². The molecule has 5 nitrogen and oxygen atoms in total. The number of benzene rings is 1. The highest BCUT2D eigenvalue weighted by atomic mass is 16.3. The summed E-state index contributed by atoms with van der Waals surface area (Å²) < 4.78 is 0. The third-order valence-electron chi connectivity index (χ3n) is 6.79. The molecule has 0 spiro atoms. The minimum Gasteiger partial charge on any atom is -0.387 e. The fraction of sp³-hybridized carbons (Fsp3) is 0.696. The van der Waals surface area contributed by atoms with Crippen molar-refractivity contribution in [2.75, 3.05) is 32.7 Å². The fourth-order valence-corrected chi connectivity index (χ4v) is 4.81. The van der Waals surface area contributed by atoms with Crippen LogP contribution < -0.4 is 11.1 Å². The molecular weight excluding hydrogens is 350 g/mol. The summed E-state index contributed by atoms with van der Waals surface area (Å²) in [5.74, 6) is 0.712. The quantitative estimate of drug-likeness (QED) is 0.641. The molecule has 1 aliphatic carbocycles. The summed E-state index contributed by atoms with van der Waals surface area (Å²) in [5.41, 5.74) is 7.04. The zero-order valence-corrected chi connectivity index (χ0v) is 17.1. The number of nitrogens with one attached hydrogen (secondary N) is 1. The molecule has 0 bridgehead atoms. The van der Waals surface area contributed by atoms with Crippen LogP contribution in [0.3, 0.4) is 0 Å². The predicted octanol–water partition coefficient (Wildman–Crippen LogP) is 2.85. The molecule has 1 heterocycles. The van der Waals surface area contributed by atoms with Crippen LogP contribution in [-0.4, -0.2) is 48.6 Å². The van der Waals surface area contributed by atoms with E-state index in [4.69, 9.17) is 5.73 Å². The Balaban J connectivity index is 1.35. The Morgan fingerprint density at radius 2 is 1.86 bits per heavy atom. The zero-order valence-electron chi connectivity index (χ0n) is 17.1. The second-order valence-electron chi connectivity index (χ2n) is 8.92. The van der Waals surface area contributed by atoms with Crippen LogP contribution >= 0.6 is 0 Å². The number of piperidine rings is 1. The number of rotatable bonds is 8. The first kappa shape index (κ1) is 21.3. The molecule has 1 aromatic carbocycles. The maximum Gasteiger partial charge on any atom is 0.220 e. The number of nitrogens with zero attached hydrogens (tertiary/aromatic N) is 1. The minimum atomic E-state index is -0.430. The first-order valence-corrected chi connectivity index (χ1v) is 11.0. The van der Waals surface area contributed by atoms with E-state index in [2.05, 4.69) is 10.2 Å². The Labute approximate surface area is 169 Å². The largest absolute Gasteiger partial charge is 0.387 e. The molecule has 2 aliphatic rings. The van der Waals surface area contributed by atoms with Crippen molar-refractivity contribution in [1.29, 1.82) is 0 Å². The Bertz CT molecular complexity index is 593. The van der Waals surface area contributed by atoms with Crippen molar-refractivity contribution in [3.63, 3.8) is 0 Å². The number of hydrogen-bond acceptors (Lipinski definition) is 4. The second kappa shape index (κ2) is 10.4. The standard InChI is InChI=1S/C23H37N3O2/c24-18-23(11-5-2-6-12-23)15-22(28)25-16-19-9-13-26(14-10-19)17-21(27)20-7-3-1-4-8-20/h1,3-4,7-8,19,21,27H,2,5-6,9-18,24H2,(H,25,28). The maximum absolute atomic E-state index is 12.5. The third-order valence-corrected chi connectivity index (χ3v) is 6.79. The zero-order chi connectivity index (χ0) is 19.8. The molecular formula is C23H37N3O2. The molecule has 4 N–H and O–H groups in total. The van der Waals surface area contributed by atoms with Gasteiger partial charge < -0.3 is 21.1 Å². The van der Waals surface area contributed by atoms with Gasteiger partial charge in [0, 0.05) is 19.5 Å². The van der Waals surface area contributed by atoms with Gasteiger partial charge in [0.05, 0.1) is 6.10 Å². The van der Waals surface area contributed by atoms with Crippen LogP contribution in [0.4, 0.5) is 0 Å². The van der Waals surface area contributed by atoms with Gasteiger partial charge in [-0.3, -0.25) is 4.79 Å². The molecule has 5 heteroatoms. The predicted molar refractivity (Wildman–Crippen MR) is 113 cm³/mol. The minimum absolute atomic E-state index is 0.0409. The first-order valence-electron chi connectivity index (χ1n) is 11.0. The van der Waals surface area contributed by atoms with Crippen LogP contribution in [0.1, 0.15) is 63.0 Å². The van der Waals surface area contributed by atoms with Crippen LogP contribution in [0.15, 0.2) is 30.3 Å². The van der Waals surface area contributed by atoms with Crippen molar-refractivity contribution < 1.29 is 9.90 Å². The molecule has 3 rings (SSSR count). The Morgan fingerprint density at radius 1 is 1.18 bits per heavy atom. The molecule has 1 aromatic rings. The molecule has 1 unspecified atom stereocenters.